The van der Waals surface area contributed by atoms with Crippen LogP contribution in [0.3, 0.4) is 0 Å². The second-order valence-electron chi connectivity index (χ2n) is 5.54. The Morgan fingerprint density at radius 1 is 1.23 bits per heavy atom. The zero-order valence-electron chi connectivity index (χ0n) is 13.9. The van der Waals surface area contributed by atoms with Gasteiger partial charge in [0.05, 0.1) is 16.9 Å². The fourth-order valence-electron chi connectivity index (χ4n) is 2.39. The maximum absolute atomic E-state index is 10.9. The summed E-state index contributed by atoms with van der Waals surface area (Å²) in [4.78, 5) is 19.5. The summed E-state index contributed by atoms with van der Waals surface area (Å²) in [6.45, 7) is 1.95. The van der Waals surface area contributed by atoms with E-state index in [1.54, 1.807) is 24.3 Å². The number of halogens is 1. The van der Waals surface area contributed by atoms with Gasteiger partial charge in [-0.05, 0) is 36.8 Å². The summed E-state index contributed by atoms with van der Waals surface area (Å²) in [5, 5.41) is 3.46. The smallest absolute Gasteiger partial charge is 0.409 e. The maximum Gasteiger partial charge on any atom is 0.409 e. The first kappa shape index (κ1) is 17.5. The molecule has 3 aromatic rings. The molecule has 0 spiro atoms. The summed E-state index contributed by atoms with van der Waals surface area (Å²) in [7, 11) is 0. The van der Waals surface area contributed by atoms with Gasteiger partial charge in [-0.2, -0.15) is 0 Å². The predicted molar refractivity (Wildman–Crippen MR) is 102 cm³/mol. The third-order valence-corrected chi connectivity index (χ3v) is 3.85. The first-order valence-electron chi connectivity index (χ1n) is 7.66. The molecule has 0 bridgehead atoms. The third-order valence-electron chi connectivity index (χ3n) is 3.57. The van der Waals surface area contributed by atoms with E-state index in [4.69, 9.17) is 27.8 Å². The number of nitrogens with zero attached hydrogens (tertiary/aromatic N) is 2. The van der Waals surface area contributed by atoms with E-state index in [-0.39, 0.29) is 0 Å². The molecule has 0 aliphatic heterocycles. The van der Waals surface area contributed by atoms with Crippen LogP contribution in [0.2, 0.25) is 5.02 Å². The Morgan fingerprint density at radius 3 is 2.81 bits per heavy atom. The fraction of sp³-hybridized carbons (Fsp3) is 0.0556. The molecular formula is C18H16ClN5O2. The predicted octanol–water partition coefficient (Wildman–Crippen LogP) is 3.89. The molecule has 0 atom stereocenters. The Kier molecular flexibility index (Phi) is 4.90. The van der Waals surface area contributed by atoms with E-state index in [2.05, 4.69) is 15.3 Å². The minimum absolute atomic E-state index is 0.309. The largest absolute Gasteiger partial charge is 0.410 e. The molecule has 0 fully saturated rings. The van der Waals surface area contributed by atoms with Crippen LogP contribution in [0.5, 0.6) is 5.75 Å². The molecule has 8 heteroatoms. The van der Waals surface area contributed by atoms with Crippen molar-refractivity contribution in [3.63, 3.8) is 0 Å². The summed E-state index contributed by atoms with van der Waals surface area (Å²) in [5.74, 6) is 0.644. The summed E-state index contributed by atoms with van der Waals surface area (Å²) < 4.78 is 4.86. The van der Waals surface area contributed by atoms with Gasteiger partial charge in [0.25, 0.3) is 0 Å². The molecule has 5 N–H and O–H groups in total. The average Bonchev–Trinajstić information content (AvgIpc) is 2.59. The first-order chi connectivity index (χ1) is 12.4. The van der Waals surface area contributed by atoms with E-state index in [0.717, 1.165) is 11.1 Å². The van der Waals surface area contributed by atoms with Gasteiger partial charge in [0, 0.05) is 23.0 Å². The van der Waals surface area contributed by atoms with Crippen molar-refractivity contribution in [1.29, 1.82) is 0 Å². The highest BCUT2D eigenvalue weighted by molar-refractivity contribution is 6.33. The second-order valence-corrected chi connectivity index (χ2v) is 5.95. The summed E-state index contributed by atoms with van der Waals surface area (Å²) >= 11 is 6.28. The van der Waals surface area contributed by atoms with Crippen molar-refractivity contribution < 1.29 is 9.53 Å². The molecule has 7 nitrogen and oxygen atoms in total. The van der Waals surface area contributed by atoms with Crippen molar-refractivity contribution in [3.05, 3.63) is 59.2 Å². The Bertz CT molecular complexity index is 978. The van der Waals surface area contributed by atoms with Crippen molar-refractivity contribution in [2.75, 3.05) is 11.1 Å². The number of hydrogen-bond donors (Lipinski definition) is 3. The number of aromatic nitrogens is 2. The number of primary amides is 1. The second kappa shape index (κ2) is 7.28. The van der Waals surface area contributed by atoms with Crippen LogP contribution in [-0.2, 0) is 0 Å². The van der Waals surface area contributed by atoms with E-state index in [9.17, 15) is 4.79 Å². The van der Waals surface area contributed by atoms with Gasteiger partial charge >= 0.3 is 6.09 Å². The Morgan fingerprint density at radius 2 is 2.04 bits per heavy atom. The monoisotopic (exact) mass is 369 g/mol. The first-order valence-corrected chi connectivity index (χ1v) is 8.03. The van der Waals surface area contributed by atoms with Crippen LogP contribution >= 0.6 is 11.6 Å². The lowest BCUT2D eigenvalue weighted by Crippen LogP contribution is -2.16. The molecule has 0 saturated heterocycles. The van der Waals surface area contributed by atoms with Gasteiger partial charge in [0.1, 0.15) is 5.75 Å². The number of nitrogens with two attached hydrogens (primary N) is 2. The molecule has 132 valence electrons. The highest BCUT2D eigenvalue weighted by Gasteiger charge is 2.11. The van der Waals surface area contributed by atoms with Crippen LogP contribution in [0.25, 0.3) is 11.3 Å². The number of aryl methyl sites for hydroxylation is 1. The molecular weight excluding hydrogens is 354 g/mol. The molecule has 1 amide bonds. The summed E-state index contributed by atoms with van der Waals surface area (Å²) in [6, 6.07) is 12.2. The number of benzene rings is 2. The Balaban J connectivity index is 1.93. The maximum atomic E-state index is 10.9. The van der Waals surface area contributed by atoms with Gasteiger partial charge in [-0.15, -0.1) is 0 Å². The van der Waals surface area contributed by atoms with E-state index in [0.29, 0.717) is 33.8 Å². The standard InChI is InChI=1S/C18H16ClN5O2/c1-10-5-6-11(20)7-14(10)16-15(19)9-22-18(24-16)23-12-3-2-4-13(8-12)26-17(21)25/h2-9H,20H2,1H3,(H2,21,25)(H,22,23,24). The van der Waals surface area contributed by atoms with Gasteiger partial charge < -0.3 is 21.5 Å². The number of nitrogens with one attached hydrogen (secondary N) is 1. The van der Waals surface area contributed by atoms with Crippen LogP contribution in [0, 0.1) is 6.92 Å². The van der Waals surface area contributed by atoms with Crippen molar-refractivity contribution in [2.45, 2.75) is 6.92 Å². The molecule has 2 aromatic carbocycles. The number of carbonyl (C=O) groups is 1. The summed E-state index contributed by atoms with van der Waals surface area (Å²) in [6.07, 6.45) is 0.628. The van der Waals surface area contributed by atoms with Crippen LogP contribution in [-0.4, -0.2) is 16.1 Å². The van der Waals surface area contributed by atoms with E-state index in [1.807, 2.05) is 25.1 Å². The molecule has 26 heavy (non-hydrogen) atoms. The van der Waals surface area contributed by atoms with Crippen molar-refractivity contribution in [1.82, 2.24) is 9.97 Å². The number of hydrogen-bond acceptors (Lipinski definition) is 6. The number of anilines is 3. The molecule has 1 heterocycles. The molecule has 0 radical (unpaired) electrons. The molecule has 0 unspecified atom stereocenters. The number of amides is 1. The zero-order chi connectivity index (χ0) is 18.7. The lowest BCUT2D eigenvalue weighted by atomic mass is 10.0. The normalized spacial score (nSPS) is 10.4. The Hall–Kier alpha value is -3.32. The van der Waals surface area contributed by atoms with Crippen LogP contribution in [0.15, 0.2) is 48.7 Å². The SMILES string of the molecule is Cc1ccc(N)cc1-c1nc(Nc2cccc(OC(N)=O)c2)ncc1Cl. The number of carbonyl (C=O) groups excluding carboxylic acids is 1. The lowest BCUT2D eigenvalue weighted by molar-refractivity contribution is 0.211. The molecule has 0 saturated carbocycles. The number of rotatable bonds is 4. The van der Waals surface area contributed by atoms with Gasteiger partial charge in [0.15, 0.2) is 0 Å². The molecule has 1 aromatic heterocycles. The average molecular weight is 370 g/mol. The Labute approximate surface area is 155 Å². The van der Waals surface area contributed by atoms with Crippen LogP contribution < -0.4 is 21.5 Å². The van der Waals surface area contributed by atoms with Crippen molar-refractivity contribution in [3.8, 4) is 17.0 Å². The fourth-order valence-corrected chi connectivity index (χ4v) is 2.59. The summed E-state index contributed by atoms with van der Waals surface area (Å²) in [5.41, 5.74) is 14.5. The van der Waals surface area contributed by atoms with Gasteiger partial charge in [-0.3, -0.25) is 0 Å². The third kappa shape index (κ3) is 4.01. The van der Waals surface area contributed by atoms with Crippen LogP contribution in [0.1, 0.15) is 5.56 Å². The van der Waals surface area contributed by atoms with E-state index in [1.165, 1.54) is 6.20 Å². The van der Waals surface area contributed by atoms with Gasteiger partial charge in [-0.25, -0.2) is 14.8 Å². The highest BCUT2D eigenvalue weighted by atomic mass is 35.5. The number of ether oxygens (including phenoxy) is 1. The van der Waals surface area contributed by atoms with Gasteiger partial charge in [-0.1, -0.05) is 23.7 Å². The number of nitrogen functional groups attached to an aromatic ring is 1. The van der Waals surface area contributed by atoms with Gasteiger partial charge in [0.2, 0.25) is 5.95 Å². The lowest BCUT2D eigenvalue weighted by Gasteiger charge is -2.11. The minimum Gasteiger partial charge on any atom is -0.410 e. The van der Waals surface area contributed by atoms with E-state index >= 15 is 0 Å². The quantitative estimate of drug-likeness (QED) is 0.601. The zero-order valence-corrected chi connectivity index (χ0v) is 14.6. The minimum atomic E-state index is -0.885. The van der Waals surface area contributed by atoms with Crippen LogP contribution in [0.4, 0.5) is 22.1 Å². The molecule has 0 aliphatic rings. The molecule has 0 aliphatic carbocycles. The van der Waals surface area contributed by atoms with Crippen molar-refractivity contribution in [2.24, 2.45) is 5.73 Å². The topological polar surface area (TPSA) is 116 Å². The van der Waals surface area contributed by atoms with Crippen molar-refractivity contribution >= 4 is 35.0 Å². The highest BCUT2D eigenvalue weighted by Crippen LogP contribution is 2.31. The van der Waals surface area contributed by atoms with E-state index < -0.39 is 6.09 Å². The molecule has 3 rings (SSSR count).